The Morgan fingerprint density at radius 3 is 2.65 bits per heavy atom. The van der Waals surface area contributed by atoms with Crippen LogP contribution in [0.25, 0.3) is 0 Å². The average Bonchev–Trinajstić information content (AvgIpc) is 2.46. The van der Waals surface area contributed by atoms with E-state index in [0.717, 1.165) is 12.2 Å². The summed E-state index contributed by atoms with van der Waals surface area (Å²) in [5.74, 6) is -0.148. The molecule has 0 aromatic heterocycles. The van der Waals surface area contributed by atoms with Crippen LogP contribution in [0.5, 0.6) is 0 Å². The van der Waals surface area contributed by atoms with Crippen LogP contribution in [0.15, 0.2) is 35.5 Å². The smallest absolute Gasteiger partial charge is 0.235 e. The number of amides is 1. The van der Waals surface area contributed by atoms with Crippen LogP contribution in [0, 0.1) is 0 Å². The first-order valence-corrected chi connectivity index (χ1v) is 7.81. The highest BCUT2D eigenvalue weighted by Crippen LogP contribution is 2.16. The number of nitrogens with one attached hydrogen (secondary N) is 1. The number of amidine groups is 1. The minimum atomic E-state index is -0.766. The largest absolute Gasteiger partial charge is 0.409 e. The minimum Gasteiger partial charge on any atom is -0.409 e. The summed E-state index contributed by atoms with van der Waals surface area (Å²) in [6, 6.07) is 9.11. The zero-order chi connectivity index (χ0) is 15.0. The zero-order valence-electron chi connectivity index (χ0n) is 11.7. The summed E-state index contributed by atoms with van der Waals surface area (Å²) in [6.07, 6.45) is 2.91. The summed E-state index contributed by atoms with van der Waals surface area (Å²) in [5, 5.41) is 14.8. The quantitative estimate of drug-likeness (QED) is 0.310. The molecule has 0 bridgehead atoms. The maximum absolute atomic E-state index is 12.3. The summed E-state index contributed by atoms with van der Waals surface area (Å²) in [4.78, 5) is 12.3. The number of hydrogen-bond acceptors (Lipinski definition) is 4. The normalized spacial score (nSPS) is 14.6. The number of nitrogens with zero attached hydrogens (tertiary/aromatic N) is 1. The van der Waals surface area contributed by atoms with Gasteiger partial charge in [-0.05, 0) is 30.9 Å². The standard InChI is InChI=1S/C14H21N3O2S/c1-10(8-9-20-2)16-14(18)12(13(15)17-19)11-6-4-3-5-7-11/h3-7,10,12,19H,8-9H2,1-2H3,(H2,15,17)(H,16,18). The van der Waals surface area contributed by atoms with Gasteiger partial charge in [-0.25, -0.2) is 0 Å². The Morgan fingerprint density at radius 2 is 2.10 bits per heavy atom. The van der Waals surface area contributed by atoms with Crippen LogP contribution in [0.4, 0.5) is 0 Å². The van der Waals surface area contributed by atoms with Crippen molar-refractivity contribution in [1.29, 1.82) is 0 Å². The van der Waals surface area contributed by atoms with E-state index in [2.05, 4.69) is 10.5 Å². The third-order valence-corrected chi connectivity index (χ3v) is 3.59. The molecular formula is C14H21N3O2S. The molecular weight excluding hydrogens is 274 g/mol. The lowest BCUT2D eigenvalue weighted by molar-refractivity contribution is -0.121. The lowest BCUT2D eigenvalue weighted by Gasteiger charge is -2.19. The van der Waals surface area contributed by atoms with E-state index in [4.69, 9.17) is 10.9 Å². The highest BCUT2D eigenvalue weighted by Gasteiger charge is 2.26. The molecule has 0 fully saturated rings. The summed E-state index contributed by atoms with van der Waals surface area (Å²) >= 11 is 1.73. The van der Waals surface area contributed by atoms with Gasteiger partial charge in [-0.15, -0.1) is 0 Å². The van der Waals surface area contributed by atoms with Gasteiger partial charge < -0.3 is 16.3 Å². The Kier molecular flexibility index (Phi) is 6.93. The summed E-state index contributed by atoms with van der Waals surface area (Å²) in [7, 11) is 0. The van der Waals surface area contributed by atoms with Crippen LogP contribution in [0.2, 0.25) is 0 Å². The second kappa shape index (κ2) is 8.47. The number of carbonyl (C=O) groups excluding carboxylic acids is 1. The number of carbonyl (C=O) groups is 1. The Morgan fingerprint density at radius 1 is 1.45 bits per heavy atom. The second-order valence-corrected chi connectivity index (χ2v) is 5.55. The fraction of sp³-hybridized carbons (Fsp3) is 0.429. The van der Waals surface area contributed by atoms with Gasteiger partial charge in [-0.1, -0.05) is 35.5 Å². The second-order valence-electron chi connectivity index (χ2n) is 4.56. The first-order chi connectivity index (χ1) is 9.60. The molecule has 6 heteroatoms. The first kappa shape index (κ1) is 16.4. The molecule has 1 amide bonds. The maximum Gasteiger partial charge on any atom is 0.235 e. The molecule has 1 rings (SSSR count). The van der Waals surface area contributed by atoms with Crippen molar-refractivity contribution in [2.75, 3.05) is 12.0 Å². The Hall–Kier alpha value is -1.69. The van der Waals surface area contributed by atoms with Crippen molar-refractivity contribution in [2.45, 2.75) is 25.3 Å². The van der Waals surface area contributed by atoms with E-state index in [9.17, 15) is 4.79 Å². The maximum atomic E-state index is 12.3. The molecule has 0 aliphatic heterocycles. The van der Waals surface area contributed by atoms with Crippen molar-refractivity contribution in [2.24, 2.45) is 10.9 Å². The molecule has 0 aliphatic rings. The van der Waals surface area contributed by atoms with Gasteiger partial charge in [-0.2, -0.15) is 11.8 Å². The predicted molar refractivity (Wildman–Crippen MR) is 83.2 cm³/mol. The van der Waals surface area contributed by atoms with E-state index < -0.39 is 5.92 Å². The molecule has 0 heterocycles. The molecule has 110 valence electrons. The van der Waals surface area contributed by atoms with Crippen molar-refractivity contribution >= 4 is 23.5 Å². The fourth-order valence-corrected chi connectivity index (χ4v) is 2.44. The molecule has 0 spiro atoms. The summed E-state index contributed by atoms with van der Waals surface area (Å²) < 4.78 is 0. The highest BCUT2D eigenvalue weighted by atomic mass is 32.2. The van der Waals surface area contributed by atoms with E-state index in [1.807, 2.05) is 31.4 Å². The molecule has 5 nitrogen and oxygen atoms in total. The molecule has 0 radical (unpaired) electrons. The van der Waals surface area contributed by atoms with Gasteiger partial charge in [0.2, 0.25) is 5.91 Å². The summed E-state index contributed by atoms with van der Waals surface area (Å²) in [6.45, 7) is 1.95. The fourth-order valence-electron chi connectivity index (χ4n) is 1.85. The van der Waals surface area contributed by atoms with Crippen molar-refractivity contribution in [1.82, 2.24) is 5.32 Å². The highest BCUT2D eigenvalue weighted by molar-refractivity contribution is 7.98. The van der Waals surface area contributed by atoms with Crippen molar-refractivity contribution < 1.29 is 10.0 Å². The first-order valence-electron chi connectivity index (χ1n) is 6.41. The number of benzene rings is 1. The third-order valence-electron chi connectivity index (χ3n) is 2.95. The Labute approximate surface area is 123 Å². The van der Waals surface area contributed by atoms with Gasteiger partial charge in [0.1, 0.15) is 5.92 Å². The lowest BCUT2D eigenvalue weighted by atomic mass is 9.96. The van der Waals surface area contributed by atoms with E-state index >= 15 is 0 Å². The topological polar surface area (TPSA) is 87.7 Å². The molecule has 1 aromatic carbocycles. The van der Waals surface area contributed by atoms with E-state index in [-0.39, 0.29) is 17.8 Å². The van der Waals surface area contributed by atoms with Crippen molar-refractivity contribution in [3.63, 3.8) is 0 Å². The molecule has 2 unspecified atom stereocenters. The van der Waals surface area contributed by atoms with Gasteiger partial charge in [0.05, 0.1) is 0 Å². The number of hydrogen-bond donors (Lipinski definition) is 3. The van der Waals surface area contributed by atoms with Crippen LogP contribution in [-0.4, -0.2) is 35.0 Å². The van der Waals surface area contributed by atoms with Gasteiger partial charge in [0, 0.05) is 6.04 Å². The predicted octanol–water partition coefficient (Wildman–Crippen LogP) is 1.77. The van der Waals surface area contributed by atoms with Crippen LogP contribution >= 0.6 is 11.8 Å². The average molecular weight is 295 g/mol. The molecule has 2 atom stereocenters. The number of rotatable bonds is 7. The summed E-state index contributed by atoms with van der Waals surface area (Å²) in [5.41, 5.74) is 6.37. The van der Waals surface area contributed by atoms with E-state index in [1.54, 1.807) is 23.9 Å². The van der Waals surface area contributed by atoms with E-state index in [0.29, 0.717) is 5.56 Å². The van der Waals surface area contributed by atoms with Gasteiger partial charge in [0.25, 0.3) is 0 Å². The third kappa shape index (κ3) is 4.77. The number of thioether (sulfide) groups is 1. The van der Waals surface area contributed by atoms with Crippen molar-refractivity contribution in [3.05, 3.63) is 35.9 Å². The van der Waals surface area contributed by atoms with Crippen LogP contribution in [0.3, 0.4) is 0 Å². The van der Waals surface area contributed by atoms with Crippen LogP contribution in [-0.2, 0) is 4.79 Å². The molecule has 1 aromatic rings. The molecule has 0 aliphatic carbocycles. The Balaban J connectivity index is 2.82. The van der Waals surface area contributed by atoms with E-state index in [1.165, 1.54) is 0 Å². The van der Waals surface area contributed by atoms with Gasteiger partial charge >= 0.3 is 0 Å². The number of nitrogens with two attached hydrogens (primary N) is 1. The molecule has 4 N–H and O–H groups in total. The Bertz CT molecular complexity index is 451. The SMILES string of the molecule is CSCCC(C)NC(=O)C(/C(N)=N/O)c1ccccc1. The van der Waals surface area contributed by atoms with Crippen LogP contribution < -0.4 is 11.1 Å². The van der Waals surface area contributed by atoms with Gasteiger partial charge in [0.15, 0.2) is 5.84 Å². The monoisotopic (exact) mass is 295 g/mol. The number of oxime groups is 1. The molecule has 0 saturated heterocycles. The molecule has 0 saturated carbocycles. The molecule has 20 heavy (non-hydrogen) atoms. The van der Waals surface area contributed by atoms with Gasteiger partial charge in [-0.3, -0.25) is 4.79 Å². The zero-order valence-corrected chi connectivity index (χ0v) is 12.6. The van der Waals surface area contributed by atoms with Crippen molar-refractivity contribution in [3.8, 4) is 0 Å². The van der Waals surface area contributed by atoms with Crippen LogP contribution in [0.1, 0.15) is 24.8 Å². The lowest BCUT2D eigenvalue weighted by Crippen LogP contribution is -2.41. The minimum absolute atomic E-state index is 0.0488.